The smallest absolute Gasteiger partial charge is 0.261 e. The molecule has 0 aromatic heterocycles. The molecule has 0 saturated carbocycles. The van der Waals surface area contributed by atoms with Gasteiger partial charge in [-0.05, 0) is 35.3 Å². The summed E-state index contributed by atoms with van der Waals surface area (Å²) >= 11 is 0. The van der Waals surface area contributed by atoms with Crippen molar-refractivity contribution < 1.29 is 47.6 Å². The van der Waals surface area contributed by atoms with Gasteiger partial charge in [0, 0.05) is 55.9 Å². The summed E-state index contributed by atoms with van der Waals surface area (Å²) in [4.78, 5) is 61.0. The Labute approximate surface area is 275 Å². The third-order valence-electron chi connectivity index (χ3n) is 7.27. The molecule has 0 unspecified atom stereocenters. The van der Waals surface area contributed by atoms with Crippen LogP contribution < -0.4 is 0 Å². The van der Waals surface area contributed by atoms with Crippen molar-refractivity contribution in [2.24, 2.45) is 10.2 Å². The predicted octanol–water partition coefficient (Wildman–Crippen LogP) is 2.75. The number of benzene rings is 2. The van der Waals surface area contributed by atoms with Crippen LogP contribution in [-0.2, 0) is 28.4 Å². The normalized spacial score (nSPS) is 13.7. The highest BCUT2D eigenvalue weighted by Crippen LogP contribution is 2.37. The van der Waals surface area contributed by atoms with Crippen LogP contribution in [-0.4, -0.2) is 139 Å². The third-order valence-corrected chi connectivity index (χ3v) is 7.27. The van der Waals surface area contributed by atoms with Gasteiger partial charge in [0.25, 0.3) is 23.6 Å². The zero-order valence-corrected chi connectivity index (χ0v) is 26.3. The molecule has 2 aromatic rings. The second-order valence-corrected chi connectivity index (χ2v) is 10.2. The molecule has 2 aromatic carbocycles. The topological polar surface area (TPSA) is 228 Å². The van der Waals surface area contributed by atoms with Gasteiger partial charge in [0.2, 0.25) is 0 Å². The quantitative estimate of drug-likeness (QED) is 0.0522. The molecule has 18 heteroatoms. The Balaban J connectivity index is 1.24. The van der Waals surface area contributed by atoms with E-state index >= 15 is 0 Å². The van der Waals surface area contributed by atoms with Crippen LogP contribution in [0.5, 0.6) is 0 Å². The summed E-state index contributed by atoms with van der Waals surface area (Å²) in [5, 5.41) is 7.31. The van der Waals surface area contributed by atoms with E-state index < -0.39 is 23.6 Å². The average Bonchev–Trinajstić information content (AvgIpc) is 3.09. The van der Waals surface area contributed by atoms with Crippen molar-refractivity contribution in [3.8, 4) is 0 Å². The molecule has 0 radical (unpaired) electrons. The van der Waals surface area contributed by atoms with E-state index in [9.17, 15) is 19.2 Å². The van der Waals surface area contributed by atoms with Crippen molar-refractivity contribution >= 4 is 34.4 Å². The second kappa shape index (κ2) is 19.2. The first-order valence-electron chi connectivity index (χ1n) is 15.3. The van der Waals surface area contributed by atoms with Gasteiger partial charge >= 0.3 is 0 Å². The van der Waals surface area contributed by atoms with Crippen LogP contribution in [0.4, 0.5) is 0 Å². The molecular formula is C30H36N8O10. The fraction of sp³-hybridized carbons (Fsp3) is 0.533. The van der Waals surface area contributed by atoms with Crippen LogP contribution in [0.2, 0.25) is 0 Å². The molecule has 0 saturated heterocycles. The number of carbonyl (C=O) groups excluding carboxylic acids is 4. The Bertz CT molecular complexity index is 1390. The van der Waals surface area contributed by atoms with Crippen LogP contribution in [0, 0.1) is 0 Å². The van der Waals surface area contributed by atoms with Gasteiger partial charge in [0.05, 0.1) is 92.4 Å². The number of imide groups is 2. The summed E-state index contributed by atoms with van der Waals surface area (Å²) in [6.45, 7) is 3.71. The molecule has 2 aliphatic rings. The zero-order valence-electron chi connectivity index (χ0n) is 26.3. The van der Waals surface area contributed by atoms with Crippen LogP contribution in [0.25, 0.3) is 31.7 Å². The number of hydrogen-bond donors (Lipinski definition) is 0. The van der Waals surface area contributed by atoms with Gasteiger partial charge in [-0.2, -0.15) is 0 Å². The molecular weight excluding hydrogens is 632 g/mol. The maximum absolute atomic E-state index is 13.4. The van der Waals surface area contributed by atoms with Gasteiger partial charge in [0.15, 0.2) is 0 Å². The molecule has 0 N–H and O–H groups in total. The molecule has 0 bridgehead atoms. The Morgan fingerprint density at radius 2 is 0.729 bits per heavy atom. The monoisotopic (exact) mass is 668 g/mol. The van der Waals surface area contributed by atoms with E-state index in [4.69, 9.17) is 39.5 Å². The molecule has 4 rings (SSSR count). The number of hydrogen-bond acceptors (Lipinski definition) is 12. The third kappa shape index (κ3) is 9.25. The maximum atomic E-state index is 13.4. The molecule has 48 heavy (non-hydrogen) atoms. The van der Waals surface area contributed by atoms with Crippen molar-refractivity contribution in [3.05, 3.63) is 67.4 Å². The fourth-order valence-electron chi connectivity index (χ4n) is 5.08. The van der Waals surface area contributed by atoms with Gasteiger partial charge in [-0.3, -0.25) is 29.0 Å². The van der Waals surface area contributed by atoms with E-state index in [0.29, 0.717) is 50.4 Å². The van der Waals surface area contributed by atoms with E-state index in [2.05, 4.69) is 20.1 Å². The Morgan fingerprint density at radius 1 is 0.458 bits per heavy atom. The number of carbonyl (C=O) groups is 4. The molecule has 0 fully saturated rings. The lowest BCUT2D eigenvalue weighted by molar-refractivity contribution is 0.0118. The van der Waals surface area contributed by atoms with Crippen molar-refractivity contribution in [3.63, 3.8) is 0 Å². The summed E-state index contributed by atoms with van der Waals surface area (Å²) in [7, 11) is 0. The van der Waals surface area contributed by atoms with Crippen molar-refractivity contribution in [2.75, 3.05) is 105 Å². The summed E-state index contributed by atoms with van der Waals surface area (Å²) in [6, 6.07) is 6.04. The number of amides is 4. The minimum absolute atomic E-state index is 0.00789. The summed E-state index contributed by atoms with van der Waals surface area (Å²) < 4.78 is 32.4. The van der Waals surface area contributed by atoms with E-state index in [1.165, 1.54) is 24.3 Å². The van der Waals surface area contributed by atoms with Crippen molar-refractivity contribution in [1.29, 1.82) is 0 Å². The first kappa shape index (κ1) is 36.2. The molecule has 4 amide bonds. The number of azide groups is 2. The molecule has 2 aliphatic heterocycles. The van der Waals surface area contributed by atoms with Crippen LogP contribution in [0.3, 0.4) is 0 Å². The molecule has 0 spiro atoms. The van der Waals surface area contributed by atoms with Crippen LogP contribution in [0.1, 0.15) is 41.4 Å². The van der Waals surface area contributed by atoms with Gasteiger partial charge in [-0.1, -0.05) is 10.2 Å². The van der Waals surface area contributed by atoms with E-state index in [1.54, 1.807) is 0 Å². The lowest BCUT2D eigenvalue weighted by Crippen LogP contribution is -2.45. The Kier molecular flexibility index (Phi) is 14.5. The van der Waals surface area contributed by atoms with Crippen LogP contribution in [0.15, 0.2) is 34.5 Å². The van der Waals surface area contributed by atoms with Crippen molar-refractivity contribution in [2.45, 2.75) is 0 Å². The number of ether oxygens (including phenoxy) is 6. The largest absolute Gasteiger partial charge is 0.379 e. The molecule has 18 nitrogen and oxygen atoms in total. The standard InChI is InChI=1S/C30H36N8O10/c31-35-33-5-9-43-13-17-47-19-15-45-11-7-37-27(39)21-1-2-22-26-24(4-3-23(25(21)26)29(37)41)30(42)38(28(22)40)8-12-46-16-20-48-18-14-44-10-6-34-36-32/h1-4H,5-20H2. The second-order valence-electron chi connectivity index (χ2n) is 10.2. The van der Waals surface area contributed by atoms with Gasteiger partial charge in [-0.15, -0.1) is 0 Å². The van der Waals surface area contributed by atoms with E-state index in [0.717, 1.165) is 9.80 Å². The van der Waals surface area contributed by atoms with Gasteiger partial charge < -0.3 is 28.4 Å². The molecule has 0 aliphatic carbocycles. The lowest BCUT2D eigenvalue weighted by Gasteiger charge is -2.31. The maximum Gasteiger partial charge on any atom is 0.261 e. The minimum Gasteiger partial charge on any atom is -0.379 e. The van der Waals surface area contributed by atoms with Gasteiger partial charge in [0.1, 0.15) is 0 Å². The Hall–Kier alpha value is -4.64. The van der Waals surface area contributed by atoms with Gasteiger partial charge in [-0.25, -0.2) is 0 Å². The first-order chi connectivity index (χ1) is 23.5. The highest BCUT2D eigenvalue weighted by atomic mass is 16.5. The summed E-state index contributed by atoms with van der Waals surface area (Å²) in [5.41, 5.74) is 17.3. The highest BCUT2D eigenvalue weighted by molar-refractivity contribution is 6.33. The zero-order chi connectivity index (χ0) is 34.1. The van der Waals surface area contributed by atoms with E-state index in [1.807, 2.05) is 0 Å². The lowest BCUT2D eigenvalue weighted by atomic mass is 9.86. The fourth-order valence-corrected chi connectivity index (χ4v) is 5.08. The SMILES string of the molecule is [N-]=[N+]=NCCOCCOCCOCCN1C(=O)c2ccc3c4c(ccc(c24)C1=O)C(=O)N(CCOCCOCCOCCN=[N+]=[N-])C3=O. The van der Waals surface area contributed by atoms with Crippen LogP contribution >= 0.6 is 0 Å². The molecule has 0 atom stereocenters. The highest BCUT2D eigenvalue weighted by Gasteiger charge is 2.39. The van der Waals surface area contributed by atoms with Crippen molar-refractivity contribution in [1.82, 2.24) is 9.80 Å². The van der Waals surface area contributed by atoms with E-state index in [-0.39, 0.29) is 88.1 Å². The Morgan fingerprint density at radius 3 is 1.02 bits per heavy atom. The number of rotatable bonds is 24. The molecule has 256 valence electrons. The number of nitrogens with zero attached hydrogens (tertiary/aromatic N) is 8. The molecule has 2 heterocycles. The average molecular weight is 669 g/mol. The summed E-state index contributed by atoms with van der Waals surface area (Å²) in [6.07, 6.45) is 0. The summed E-state index contributed by atoms with van der Waals surface area (Å²) in [5.74, 6) is -2.14. The minimum atomic E-state index is -0.536. The first-order valence-corrected chi connectivity index (χ1v) is 15.3. The predicted molar refractivity (Wildman–Crippen MR) is 168 cm³/mol.